The molecule has 0 spiro atoms. The molecule has 0 aromatic carbocycles. The van der Waals surface area contributed by atoms with Crippen molar-refractivity contribution in [2.75, 3.05) is 12.4 Å². The molecule has 4 nitrogen and oxygen atoms in total. The normalized spacial score (nSPS) is 11.7. The van der Waals surface area contributed by atoms with Crippen LogP contribution in [-0.2, 0) is 4.74 Å². The molecule has 0 saturated carbocycles. The van der Waals surface area contributed by atoms with Gasteiger partial charge in [0.15, 0.2) is 0 Å². The predicted molar refractivity (Wildman–Crippen MR) is 81.4 cm³/mol. The summed E-state index contributed by atoms with van der Waals surface area (Å²) in [7, 11) is 0. The van der Waals surface area contributed by atoms with Crippen molar-refractivity contribution in [1.29, 1.82) is 0 Å². The molecule has 2 aromatic heterocycles. The molecule has 0 amide bonds. The monoisotopic (exact) mass is 295 g/mol. The maximum Gasteiger partial charge on any atom is 0.208 e. The molecule has 0 saturated heterocycles. The summed E-state index contributed by atoms with van der Waals surface area (Å²) in [6.45, 7) is 4.78. The quantitative estimate of drug-likeness (QED) is 0.627. The first kappa shape index (κ1) is 14.3. The molecule has 0 atom stereocenters. The van der Waals surface area contributed by atoms with Gasteiger partial charge in [0.05, 0.1) is 12.7 Å². The summed E-state index contributed by atoms with van der Waals surface area (Å²) in [4.78, 5) is 5.59. The van der Waals surface area contributed by atoms with Crippen molar-refractivity contribution in [2.45, 2.75) is 25.1 Å². The van der Waals surface area contributed by atoms with E-state index >= 15 is 0 Å². The largest absolute Gasteiger partial charge is 0.378 e. The first-order chi connectivity index (χ1) is 9.24. The fraction of sp³-hybridized carbons (Fsp3) is 0.385. The van der Waals surface area contributed by atoms with Crippen molar-refractivity contribution in [1.82, 2.24) is 15.2 Å². The molecule has 0 radical (unpaired) electrons. The first-order valence-corrected chi connectivity index (χ1v) is 7.99. The molecule has 2 rings (SSSR count). The van der Waals surface area contributed by atoms with Crippen LogP contribution in [-0.4, -0.2) is 33.6 Å². The van der Waals surface area contributed by atoms with Gasteiger partial charge in [0.25, 0.3) is 0 Å². The number of aromatic amines is 1. The molecule has 0 bridgehead atoms. The minimum atomic E-state index is 0.275. The number of nitrogens with zero attached hydrogens (tertiary/aromatic N) is 2. The van der Waals surface area contributed by atoms with E-state index in [1.165, 1.54) is 4.88 Å². The van der Waals surface area contributed by atoms with E-state index < -0.39 is 0 Å². The van der Waals surface area contributed by atoms with Crippen LogP contribution in [0.5, 0.6) is 0 Å². The lowest BCUT2D eigenvalue weighted by Crippen LogP contribution is -2.05. The van der Waals surface area contributed by atoms with Gasteiger partial charge in [0.2, 0.25) is 5.16 Å². The van der Waals surface area contributed by atoms with Crippen LogP contribution in [0.15, 0.2) is 22.7 Å². The summed E-state index contributed by atoms with van der Waals surface area (Å²) in [5.41, 5.74) is 0. The van der Waals surface area contributed by atoms with Crippen molar-refractivity contribution in [3.05, 3.63) is 28.2 Å². The van der Waals surface area contributed by atoms with Gasteiger partial charge in [-0.1, -0.05) is 17.8 Å². The molecule has 0 aliphatic carbocycles. The first-order valence-electron chi connectivity index (χ1n) is 6.12. The molecule has 102 valence electrons. The van der Waals surface area contributed by atoms with Gasteiger partial charge in [0, 0.05) is 10.6 Å². The van der Waals surface area contributed by atoms with Gasteiger partial charge in [-0.25, -0.2) is 4.98 Å². The van der Waals surface area contributed by atoms with E-state index in [0.29, 0.717) is 0 Å². The second-order valence-corrected chi connectivity index (χ2v) is 6.16. The summed E-state index contributed by atoms with van der Waals surface area (Å²) in [5, 5.41) is 9.88. The third kappa shape index (κ3) is 5.18. The Morgan fingerprint density at radius 2 is 2.37 bits per heavy atom. The van der Waals surface area contributed by atoms with Crippen LogP contribution in [0.3, 0.4) is 0 Å². The summed E-state index contributed by atoms with van der Waals surface area (Å²) in [6, 6.07) is 4.09. The zero-order valence-electron chi connectivity index (χ0n) is 11.0. The van der Waals surface area contributed by atoms with Crippen molar-refractivity contribution < 1.29 is 4.74 Å². The maximum absolute atomic E-state index is 5.47. The predicted octanol–water partition coefficient (Wildman–Crippen LogP) is 3.55. The van der Waals surface area contributed by atoms with E-state index in [2.05, 4.69) is 26.6 Å². The molecule has 0 aliphatic heterocycles. The number of H-pyrrole nitrogens is 1. The summed E-state index contributed by atoms with van der Waals surface area (Å²) >= 11 is 3.29. The number of nitrogens with one attached hydrogen (secondary N) is 1. The van der Waals surface area contributed by atoms with E-state index in [-0.39, 0.29) is 6.10 Å². The number of aromatic nitrogens is 3. The van der Waals surface area contributed by atoms with Gasteiger partial charge in [-0.2, -0.15) is 0 Å². The highest BCUT2D eigenvalue weighted by Gasteiger charge is 2.02. The molecule has 1 N–H and O–H groups in total. The Hall–Kier alpha value is -1.11. The Kier molecular flexibility index (Phi) is 5.62. The van der Waals surface area contributed by atoms with Gasteiger partial charge >= 0.3 is 0 Å². The van der Waals surface area contributed by atoms with Gasteiger partial charge in [-0.15, -0.1) is 16.4 Å². The SMILES string of the molecule is CC(C)OCCSc1n[nH]c(/C=C/c2cccs2)n1. The summed E-state index contributed by atoms with van der Waals surface area (Å²) < 4.78 is 5.47. The lowest BCUT2D eigenvalue weighted by atomic mass is 10.4. The lowest BCUT2D eigenvalue weighted by Gasteiger charge is -2.04. The second-order valence-electron chi connectivity index (χ2n) is 4.12. The lowest BCUT2D eigenvalue weighted by molar-refractivity contribution is 0.0920. The molecular weight excluding hydrogens is 278 g/mol. The zero-order chi connectivity index (χ0) is 13.5. The van der Waals surface area contributed by atoms with E-state index in [0.717, 1.165) is 23.3 Å². The minimum Gasteiger partial charge on any atom is -0.378 e. The molecule has 6 heteroatoms. The average molecular weight is 295 g/mol. The smallest absolute Gasteiger partial charge is 0.208 e. The van der Waals surface area contributed by atoms with Crippen LogP contribution >= 0.6 is 23.1 Å². The highest BCUT2D eigenvalue weighted by molar-refractivity contribution is 7.99. The number of rotatable bonds is 7. The highest BCUT2D eigenvalue weighted by Crippen LogP contribution is 2.15. The van der Waals surface area contributed by atoms with Crippen LogP contribution in [0.25, 0.3) is 12.2 Å². The third-order valence-electron chi connectivity index (χ3n) is 2.20. The Morgan fingerprint density at radius 1 is 1.47 bits per heavy atom. The van der Waals surface area contributed by atoms with Crippen molar-refractivity contribution in [2.24, 2.45) is 0 Å². The van der Waals surface area contributed by atoms with E-state index in [4.69, 9.17) is 4.74 Å². The minimum absolute atomic E-state index is 0.275. The molecular formula is C13H17N3OS2. The Labute approximate surface area is 121 Å². The number of ether oxygens (including phenoxy) is 1. The number of hydrogen-bond donors (Lipinski definition) is 1. The van der Waals surface area contributed by atoms with Crippen LogP contribution in [0.1, 0.15) is 24.5 Å². The Morgan fingerprint density at radius 3 is 3.11 bits per heavy atom. The van der Waals surface area contributed by atoms with Crippen LogP contribution in [0.4, 0.5) is 0 Å². The van der Waals surface area contributed by atoms with Crippen molar-refractivity contribution in [3.63, 3.8) is 0 Å². The standard InChI is InChI=1S/C13H17N3OS2/c1-10(2)17-7-9-19-13-14-12(15-16-13)6-5-11-4-3-8-18-11/h3-6,8,10H,7,9H2,1-2H3,(H,14,15,16)/b6-5+. The van der Waals surface area contributed by atoms with Gasteiger partial charge in [0.1, 0.15) is 5.82 Å². The van der Waals surface area contributed by atoms with Crippen LogP contribution < -0.4 is 0 Å². The molecule has 0 aliphatic rings. The highest BCUT2D eigenvalue weighted by atomic mass is 32.2. The van der Waals surface area contributed by atoms with Gasteiger partial charge < -0.3 is 4.74 Å². The molecule has 2 heterocycles. The van der Waals surface area contributed by atoms with Gasteiger partial charge in [-0.05, 0) is 37.4 Å². The van der Waals surface area contributed by atoms with Crippen LogP contribution in [0, 0.1) is 0 Å². The van der Waals surface area contributed by atoms with E-state index in [9.17, 15) is 0 Å². The number of thiophene rings is 1. The molecule has 2 aromatic rings. The number of thioether (sulfide) groups is 1. The second kappa shape index (κ2) is 7.47. The summed E-state index contributed by atoms with van der Waals surface area (Å²) in [5.74, 6) is 1.64. The van der Waals surface area contributed by atoms with Crippen molar-refractivity contribution in [3.8, 4) is 0 Å². The van der Waals surface area contributed by atoms with E-state index in [1.54, 1.807) is 23.1 Å². The topological polar surface area (TPSA) is 50.8 Å². The summed E-state index contributed by atoms with van der Waals surface area (Å²) in [6.07, 6.45) is 4.24. The molecule has 0 fully saturated rings. The zero-order valence-corrected chi connectivity index (χ0v) is 12.6. The average Bonchev–Trinajstić information content (AvgIpc) is 3.03. The third-order valence-corrected chi connectivity index (χ3v) is 3.85. The molecule has 0 unspecified atom stereocenters. The Bertz CT molecular complexity index is 506. The number of hydrogen-bond acceptors (Lipinski definition) is 5. The van der Waals surface area contributed by atoms with Crippen LogP contribution in [0.2, 0.25) is 0 Å². The van der Waals surface area contributed by atoms with E-state index in [1.807, 2.05) is 32.1 Å². The van der Waals surface area contributed by atoms with Crippen molar-refractivity contribution >= 4 is 35.3 Å². The Balaban J connectivity index is 1.79. The fourth-order valence-corrected chi connectivity index (χ4v) is 2.61. The van der Waals surface area contributed by atoms with Gasteiger partial charge in [-0.3, -0.25) is 5.10 Å². The maximum atomic E-state index is 5.47. The fourth-order valence-electron chi connectivity index (χ4n) is 1.36. The molecule has 19 heavy (non-hydrogen) atoms.